The Labute approximate surface area is 117 Å². The van der Waals surface area contributed by atoms with E-state index in [0.29, 0.717) is 13.0 Å². The first kappa shape index (κ1) is 13.0. The molecule has 0 aromatic heterocycles. The standard InChI is InChI=1S/C15H18N2O3/c1-16(12-6-7-12)15(20)17-9-11-5-3-2-4-10(11)8-13(17)14(18)19/h2-5,12-13H,6-9H2,1H3,(H,18,19)/t13-/m0/s1. The van der Waals surface area contributed by atoms with Gasteiger partial charge in [-0.05, 0) is 24.0 Å². The van der Waals surface area contributed by atoms with Crippen molar-refractivity contribution in [2.45, 2.75) is 37.9 Å². The highest BCUT2D eigenvalue weighted by Crippen LogP contribution is 2.29. The molecule has 1 aliphatic heterocycles. The van der Waals surface area contributed by atoms with Gasteiger partial charge in [0.15, 0.2) is 0 Å². The van der Waals surface area contributed by atoms with E-state index >= 15 is 0 Å². The first-order valence-corrected chi connectivity index (χ1v) is 6.91. The molecule has 1 N–H and O–H groups in total. The normalized spacial score (nSPS) is 21.2. The summed E-state index contributed by atoms with van der Waals surface area (Å²) in [6.07, 6.45) is 2.42. The molecule has 2 amide bonds. The SMILES string of the molecule is CN(C(=O)N1Cc2ccccc2C[C@H]1C(=O)O)C1CC1. The Balaban J connectivity index is 1.87. The van der Waals surface area contributed by atoms with Crippen molar-refractivity contribution in [2.75, 3.05) is 7.05 Å². The molecular formula is C15H18N2O3. The van der Waals surface area contributed by atoms with Gasteiger partial charge in [-0.15, -0.1) is 0 Å². The van der Waals surface area contributed by atoms with Crippen LogP contribution in [0.1, 0.15) is 24.0 Å². The van der Waals surface area contributed by atoms with Crippen LogP contribution in [0.3, 0.4) is 0 Å². The number of hydrogen-bond acceptors (Lipinski definition) is 2. The van der Waals surface area contributed by atoms with Crippen LogP contribution in [0.15, 0.2) is 24.3 Å². The number of fused-ring (bicyclic) bond motifs is 1. The van der Waals surface area contributed by atoms with Crippen molar-refractivity contribution >= 4 is 12.0 Å². The molecule has 1 fully saturated rings. The van der Waals surface area contributed by atoms with Gasteiger partial charge in [-0.2, -0.15) is 0 Å². The predicted molar refractivity (Wildman–Crippen MR) is 73.3 cm³/mol. The maximum absolute atomic E-state index is 12.5. The van der Waals surface area contributed by atoms with Crippen LogP contribution in [-0.2, 0) is 17.8 Å². The lowest BCUT2D eigenvalue weighted by Gasteiger charge is -2.36. The molecule has 1 aliphatic carbocycles. The monoisotopic (exact) mass is 274 g/mol. The van der Waals surface area contributed by atoms with Crippen LogP contribution in [0.2, 0.25) is 0 Å². The second-order valence-corrected chi connectivity index (χ2v) is 5.58. The lowest BCUT2D eigenvalue weighted by molar-refractivity contribution is -0.142. The molecule has 5 heteroatoms. The Morgan fingerprint density at radius 1 is 1.25 bits per heavy atom. The third-order valence-corrected chi connectivity index (χ3v) is 4.18. The number of carbonyl (C=O) groups is 2. The highest BCUT2D eigenvalue weighted by atomic mass is 16.4. The van der Waals surface area contributed by atoms with E-state index < -0.39 is 12.0 Å². The van der Waals surface area contributed by atoms with E-state index in [1.165, 1.54) is 4.90 Å². The van der Waals surface area contributed by atoms with Crippen LogP contribution >= 0.6 is 0 Å². The number of benzene rings is 1. The van der Waals surface area contributed by atoms with Gasteiger partial charge in [-0.3, -0.25) is 0 Å². The number of carboxylic acid groups (broad SMARTS) is 1. The number of carbonyl (C=O) groups excluding carboxylic acids is 1. The first-order chi connectivity index (χ1) is 9.58. The van der Waals surface area contributed by atoms with Gasteiger partial charge in [-0.25, -0.2) is 9.59 Å². The lowest BCUT2D eigenvalue weighted by Crippen LogP contribution is -2.53. The van der Waals surface area contributed by atoms with Crippen molar-refractivity contribution in [3.63, 3.8) is 0 Å². The van der Waals surface area contributed by atoms with Crippen LogP contribution in [-0.4, -0.2) is 46.0 Å². The fraction of sp³-hybridized carbons (Fsp3) is 0.467. The molecule has 5 nitrogen and oxygen atoms in total. The number of rotatable bonds is 2. The fourth-order valence-electron chi connectivity index (χ4n) is 2.77. The molecule has 0 bridgehead atoms. The van der Waals surface area contributed by atoms with Crippen LogP contribution in [0.25, 0.3) is 0 Å². The number of urea groups is 1. The zero-order valence-electron chi connectivity index (χ0n) is 11.5. The summed E-state index contributed by atoms with van der Waals surface area (Å²) in [5.74, 6) is -0.933. The van der Waals surface area contributed by atoms with Crippen molar-refractivity contribution in [3.8, 4) is 0 Å². The Bertz CT molecular complexity index is 554. The van der Waals surface area contributed by atoms with Gasteiger partial charge in [0.2, 0.25) is 0 Å². The second-order valence-electron chi connectivity index (χ2n) is 5.58. The molecule has 1 aromatic rings. The van der Waals surface area contributed by atoms with E-state index in [1.807, 2.05) is 24.3 Å². The van der Waals surface area contributed by atoms with Crippen molar-refractivity contribution in [1.82, 2.24) is 9.80 Å². The molecule has 0 radical (unpaired) electrons. The van der Waals surface area contributed by atoms with Crippen LogP contribution in [0.4, 0.5) is 4.79 Å². The summed E-state index contributed by atoms with van der Waals surface area (Å²) in [6, 6.07) is 7.09. The number of nitrogens with zero attached hydrogens (tertiary/aromatic N) is 2. The molecule has 20 heavy (non-hydrogen) atoms. The fourth-order valence-corrected chi connectivity index (χ4v) is 2.77. The van der Waals surface area contributed by atoms with Gasteiger partial charge < -0.3 is 14.9 Å². The summed E-state index contributed by atoms with van der Waals surface area (Å²) in [6.45, 7) is 0.378. The van der Waals surface area contributed by atoms with Crippen LogP contribution in [0, 0.1) is 0 Å². The molecule has 1 aromatic carbocycles. The van der Waals surface area contributed by atoms with Crippen molar-refractivity contribution in [3.05, 3.63) is 35.4 Å². The van der Waals surface area contributed by atoms with E-state index in [-0.39, 0.29) is 12.1 Å². The predicted octanol–water partition coefficient (Wildman–Crippen LogP) is 1.71. The summed E-state index contributed by atoms with van der Waals surface area (Å²) in [5, 5.41) is 9.41. The highest BCUT2D eigenvalue weighted by Gasteiger charge is 2.39. The molecule has 1 heterocycles. The maximum atomic E-state index is 12.5. The van der Waals surface area contributed by atoms with Gasteiger partial charge in [0, 0.05) is 26.1 Å². The Morgan fingerprint density at radius 3 is 2.50 bits per heavy atom. The summed E-state index contributed by atoms with van der Waals surface area (Å²) in [5.41, 5.74) is 2.07. The van der Waals surface area contributed by atoms with Crippen molar-refractivity contribution in [2.24, 2.45) is 0 Å². The summed E-state index contributed by atoms with van der Waals surface area (Å²) in [4.78, 5) is 27.1. The average Bonchev–Trinajstić information content (AvgIpc) is 3.28. The first-order valence-electron chi connectivity index (χ1n) is 6.91. The van der Waals surface area contributed by atoms with Gasteiger partial charge in [0.25, 0.3) is 0 Å². The van der Waals surface area contributed by atoms with Gasteiger partial charge in [0.1, 0.15) is 6.04 Å². The molecule has 1 atom stereocenters. The smallest absolute Gasteiger partial charge is 0.326 e. The molecule has 1 saturated carbocycles. The van der Waals surface area contributed by atoms with E-state index in [1.54, 1.807) is 11.9 Å². The van der Waals surface area contributed by atoms with E-state index in [4.69, 9.17) is 0 Å². The number of aliphatic carboxylic acids is 1. The van der Waals surface area contributed by atoms with Gasteiger partial charge in [-0.1, -0.05) is 24.3 Å². The van der Waals surface area contributed by atoms with Crippen molar-refractivity contribution in [1.29, 1.82) is 0 Å². The van der Waals surface area contributed by atoms with E-state index in [0.717, 1.165) is 24.0 Å². The van der Waals surface area contributed by atoms with Gasteiger partial charge in [0.05, 0.1) is 0 Å². The molecule has 3 rings (SSSR count). The second kappa shape index (κ2) is 4.81. The molecule has 106 valence electrons. The minimum absolute atomic E-state index is 0.172. The highest BCUT2D eigenvalue weighted by molar-refractivity contribution is 5.83. The van der Waals surface area contributed by atoms with E-state index in [2.05, 4.69) is 0 Å². The van der Waals surface area contributed by atoms with Crippen molar-refractivity contribution < 1.29 is 14.7 Å². The topological polar surface area (TPSA) is 60.9 Å². The Kier molecular flexibility index (Phi) is 3.12. The third-order valence-electron chi connectivity index (χ3n) is 4.18. The molecule has 0 spiro atoms. The summed E-state index contributed by atoms with van der Waals surface area (Å²) in [7, 11) is 1.76. The Morgan fingerprint density at radius 2 is 1.90 bits per heavy atom. The van der Waals surface area contributed by atoms with Crippen LogP contribution in [0.5, 0.6) is 0 Å². The van der Waals surface area contributed by atoms with Gasteiger partial charge >= 0.3 is 12.0 Å². The molecule has 0 unspecified atom stereocenters. The van der Waals surface area contributed by atoms with Crippen LogP contribution < -0.4 is 0 Å². The number of amides is 2. The number of carboxylic acids is 1. The third kappa shape index (κ3) is 2.24. The molecule has 2 aliphatic rings. The maximum Gasteiger partial charge on any atom is 0.326 e. The molecular weight excluding hydrogens is 256 g/mol. The van der Waals surface area contributed by atoms with E-state index in [9.17, 15) is 14.7 Å². The zero-order chi connectivity index (χ0) is 14.3. The molecule has 0 saturated heterocycles. The largest absolute Gasteiger partial charge is 0.480 e. The minimum atomic E-state index is -0.933. The zero-order valence-corrected chi connectivity index (χ0v) is 11.5. The quantitative estimate of drug-likeness (QED) is 0.893. The Hall–Kier alpha value is -2.04. The summed E-state index contributed by atoms with van der Waals surface area (Å²) < 4.78 is 0. The average molecular weight is 274 g/mol. The number of hydrogen-bond donors (Lipinski definition) is 1. The lowest BCUT2D eigenvalue weighted by atomic mass is 9.94. The summed E-state index contributed by atoms with van der Waals surface area (Å²) >= 11 is 0. The minimum Gasteiger partial charge on any atom is -0.480 e.